The first-order valence-electron chi connectivity index (χ1n) is 32.2. The van der Waals surface area contributed by atoms with Crippen LogP contribution in [0, 0.1) is 27.1 Å². The van der Waals surface area contributed by atoms with Crippen LogP contribution in [0.2, 0.25) is 55.9 Å². The van der Waals surface area contributed by atoms with E-state index in [4.69, 9.17) is 35.2 Å². The number of likely N-dealkylation sites (N-methyl/N-ethyl adjacent to an activating group) is 3. The number of thioether (sulfide) groups is 2. The fraction of sp³-hybridized carbons (Fsp3) is 0.621. The molecule has 3 aromatic rings. The van der Waals surface area contributed by atoms with E-state index in [1.54, 1.807) is 34.5 Å². The molecular formula is C66H100N8O11S6Si3. The minimum atomic E-state index is -1.91. The van der Waals surface area contributed by atoms with Gasteiger partial charge in [-0.3, -0.25) is 29.2 Å². The summed E-state index contributed by atoms with van der Waals surface area (Å²) in [5, 5.41) is 35.8. The summed E-state index contributed by atoms with van der Waals surface area (Å²) in [5.41, 5.74) is 5.93. The largest absolute Gasteiger partial charge is 0.477 e. The summed E-state index contributed by atoms with van der Waals surface area (Å²) in [4.78, 5) is 75.6. The van der Waals surface area contributed by atoms with Crippen LogP contribution >= 0.6 is 69.8 Å². The van der Waals surface area contributed by atoms with Gasteiger partial charge in [-0.2, -0.15) is 0 Å². The molecule has 0 aromatic carbocycles. The van der Waals surface area contributed by atoms with Gasteiger partial charge in [0.2, 0.25) is 11.8 Å². The Morgan fingerprint density at radius 2 is 1.26 bits per heavy atom. The zero-order chi connectivity index (χ0) is 69.9. The lowest BCUT2D eigenvalue weighted by molar-refractivity contribution is -0.180. The number of rotatable bonds is 22. The minimum absolute atomic E-state index is 0.000741. The predicted octanol–water partition coefficient (Wildman–Crippen LogP) is 12.6. The number of hydrogen-bond donors (Lipinski definition) is 4. The number of carbonyl (C=O) groups is 4. The van der Waals surface area contributed by atoms with Crippen molar-refractivity contribution in [1.82, 2.24) is 39.5 Å². The standard InChI is InChI=1S/C32H51N3O5S2Si2.C19H23N3O5S2.C15H26N2OS2Si/c1-14-17-38-28(36)25-26(20(2)27-32(7,29(37)35(25)27)21(3)40-43(9,10)11)42-30-33-23(19-41-30)22-15-16-34(8)24(22)18-39-44(12,13)31(4,5)6;1-8-14-13(9(2)24)17(25)22(14)15(18(26)27)16(8)29-19-20-11(7-28-19)10-4-5-21(3)12(10)6-23;1-15(2,3)21(5,6)18-9-13-11(7-8-17(13)4)12-10-20-14(19)16-12/h14-15,19-21,24,27H,1,16-18H2,2-13H3;4,7-9,12-14,23-24H,5-6H2,1-3H3,(H,26,27);7,10,13H,8-9H2,1-6H3,(H,16,19)/t20-,21+,24-,27+,32+;8-,9-,12+,13-,14-;13-/m010/s1. The first-order valence-corrected chi connectivity index (χ1v) is 46.1. The monoisotopic (exact) mass is 1460 g/mol. The van der Waals surface area contributed by atoms with Crippen LogP contribution in [-0.4, -0.2) is 213 Å². The Balaban J connectivity index is 0.000000195. The van der Waals surface area contributed by atoms with Gasteiger partial charge in [0.1, 0.15) is 18.0 Å². The van der Waals surface area contributed by atoms with Gasteiger partial charge in [0, 0.05) is 57.4 Å². The van der Waals surface area contributed by atoms with Gasteiger partial charge >= 0.3 is 11.9 Å². The Morgan fingerprint density at radius 3 is 1.70 bits per heavy atom. The van der Waals surface area contributed by atoms with Crippen LogP contribution in [0.5, 0.6) is 0 Å². The Bertz CT molecular complexity index is 3570. The van der Waals surface area contributed by atoms with Crippen LogP contribution < -0.4 is 0 Å². The fourth-order valence-electron chi connectivity index (χ4n) is 12.7. The average molecular weight is 1460 g/mol. The number of nitrogens with zero attached hydrogens (tertiary/aromatic N) is 7. The number of ether oxygens (including phenoxy) is 1. The highest BCUT2D eigenvalue weighted by molar-refractivity contribution is 8.05. The van der Waals surface area contributed by atoms with Gasteiger partial charge in [0.15, 0.2) is 37.6 Å². The van der Waals surface area contributed by atoms with E-state index in [-0.39, 0.29) is 82.9 Å². The van der Waals surface area contributed by atoms with E-state index < -0.39 is 54.3 Å². The number of aromatic nitrogens is 3. The van der Waals surface area contributed by atoms with Crippen LogP contribution in [0.3, 0.4) is 0 Å². The van der Waals surface area contributed by atoms with Crippen molar-refractivity contribution in [2.24, 2.45) is 23.2 Å². The molecular weight excluding hydrogens is 1360 g/mol. The molecule has 0 bridgehead atoms. The van der Waals surface area contributed by atoms with Crippen molar-refractivity contribution in [2.75, 3.05) is 67.2 Å². The summed E-state index contributed by atoms with van der Waals surface area (Å²) in [6.07, 6.45) is 7.02. The second-order valence-electron chi connectivity index (χ2n) is 29.9. The van der Waals surface area contributed by atoms with Crippen molar-refractivity contribution in [2.45, 2.75) is 183 Å². The number of amides is 2. The van der Waals surface area contributed by atoms with Crippen molar-refractivity contribution < 1.29 is 52.5 Å². The Kier molecular flexibility index (Phi) is 23.8. The molecule has 10 rings (SSSR count). The summed E-state index contributed by atoms with van der Waals surface area (Å²) < 4.78 is 27.3. The number of aliphatic carboxylic acids is 1. The molecule has 518 valence electrons. The molecule has 0 unspecified atom stereocenters. The van der Waals surface area contributed by atoms with Crippen LogP contribution in [0.15, 0.2) is 76.9 Å². The van der Waals surface area contributed by atoms with Crippen molar-refractivity contribution >= 4 is 135 Å². The Hall–Kier alpha value is -3.54. The quantitative estimate of drug-likeness (QED) is 0.0241. The lowest BCUT2D eigenvalue weighted by atomic mass is 9.66. The zero-order valence-electron chi connectivity index (χ0n) is 58.7. The molecule has 2 saturated heterocycles. The minimum Gasteiger partial charge on any atom is -0.477 e. The van der Waals surface area contributed by atoms with Crippen LogP contribution in [0.25, 0.3) is 16.7 Å². The van der Waals surface area contributed by atoms with Gasteiger partial charge < -0.3 is 43.2 Å². The molecule has 4 N–H and O–H groups in total. The molecule has 28 heteroatoms. The number of H-pyrrole nitrogens is 1. The van der Waals surface area contributed by atoms with Crippen molar-refractivity contribution in [3.8, 4) is 0 Å². The molecule has 0 aliphatic carbocycles. The number of esters is 1. The number of aromatic amines is 1. The molecule has 7 aliphatic rings. The highest BCUT2D eigenvalue weighted by Gasteiger charge is 2.68. The Labute approximate surface area is 585 Å². The lowest BCUT2D eigenvalue weighted by Crippen LogP contribution is -2.71. The van der Waals surface area contributed by atoms with E-state index in [1.807, 2.05) is 44.2 Å². The summed E-state index contributed by atoms with van der Waals surface area (Å²) in [7, 11) is 0.705. The SMILES string of the molecule is C=CCOC(=O)C1=C(Sc2nc(C3=CCN(C)[C@H]3CO[Si](C)(C)C(C)(C)C)cs2)[C@H](C)[C@H]2N1C(=O)[C@]2(C)[C@@H](C)O[Si](C)(C)C.CN1CC=C(c2csc(=S)[nH]2)[C@@H]1CO[Si](C)(C)C(C)(C)C.C[C@@H](O)[C@H]1C(=O)N2C(C(=O)O)=C(Sc3nc(C4=CCN(C)[C@H]4CO)cs3)[C@H](C)[C@H]12. The van der Waals surface area contributed by atoms with Crippen LogP contribution in [-0.2, 0) is 37.2 Å². The number of aliphatic hydroxyl groups excluding tert-OH is 2. The topological polar surface area (TPSA) is 224 Å². The predicted molar refractivity (Wildman–Crippen MR) is 392 cm³/mol. The number of hydrogen-bond acceptors (Lipinski definition) is 21. The van der Waals surface area contributed by atoms with Crippen molar-refractivity contribution in [1.29, 1.82) is 0 Å². The molecule has 3 aromatic heterocycles. The van der Waals surface area contributed by atoms with E-state index in [9.17, 15) is 34.5 Å². The molecule has 94 heavy (non-hydrogen) atoms. The maximum atomic E-state index is 13.8. The molecule has 11 atom stereocenters. The summed E-state index contributed by atoms with van der Waals surface area (Å²) in [6, 6.07) is -0.177. The molecule has 0 saturated carbocycles. The normalized spacial score (nSPS) is 26.6. The molecule has 0 radical (unpaired) electrons. The number of β-lactam (4-membered cyclic amide) rings is 2. The Morgan fingerprint density at radius 1 is 0.777 bits per heavy atom. The van der Waals surface area contributed by atoms with E-state index in [2.05, 4.69) is 158 Å². The molecule has 7 aliphatic heterocycles. The summed E-state index contributed by atoms with van der Waals surface area (Å²) in [6.45, 7) is 46.4. The van der Waals surface area contributed by atoms with Gasteiger partial charge in [-0.1, -0.05) is 110 Å². The number of carboxylic acids is 1. The van der Waals surface area contributed by atoms with E-state index >= 15 is 0 Å². The van der Waals surface area contributed by atoms with Gasteiger partial charge in [-0.15, -0.1) is 34.0 Å². The number of aliphatic hydroxyl groups is 2. The number of nitrogens with one attached hydrogen (secondary N) is 1. The number of carboxylic acid groups (broad SMARTS) is 1. The first-order chi connectivity index (χ1) is 43.6. The summed E-state index contributed by atoms with van der Waals surface area (Å²) in [5.74, 6) is -2.94. The van der Waals surface area contributed by atoms with Crippen LogP contribution in [0.4, 0.5) is 0 Å². The van der Waals surface area contributed by atoms with Crippen molar-refractivity contribution in [3.63, 3.8) is 0 Å². The zero-order valence-corrected chi connectivity index (χ0v) is 66.6. The van der Waals surface area contributed by atoms with E-state index in [1.165, 1.54) is 57.0 Å². The second kappa shape index (κ2) is 29.3. The number of fused-ring (bicyclic) bond motifs is 2. The molecule has 19 nitrogen and oxygen atoms in total. The van der Waals surface area contributed by atoms with E-state index in [0.717, 1.165) is 62.1 Å². The molecule has 0 spiro atoms. The lowest BCUT2D eigenvalue weighted by Gasteiger charge is -2.56. The third-order valence-corrected chi connectivity index (χ3v) is 36.0. The molecule has 10 heterocycles. The smallest absolute Gasteiger partial charge is 0.356 e. The third kappa shape index (κ3) is 15.4. The molecule has 2 fully saturated rings. The average Bonchev–Trinajstić information content (AvgIpc) is 1.49. The number of carbonyl (C=O) groups excluding carboxylic acids is 3. The van der Waals surface area contributed by atoms with E-state index in [0.29, 0.717) is 27.6 Å². The van der Waals surface area contributed by atoms with Gasteiger partial charge in [-0.25, -0.2) is 19.6 Å². The number of thiazole rings is 3. The maximum Gasteiger partial charge on any atom is 0.356 e. The second-order valence-corrected chi connectivity index (χ2v) is 49.8. The van der Waals surface area contributed by atoms with Gasteiger partial charge in [-0.05, 0) is 127 Å². The molecule has 2 amide bonds. The highest BCUT2D eigenvalue weighted by atomic mass is 32.2. The van der Waals surface area contributed by atoms with Gasteiger partial charge in [0.05, 0.1) is 90.7 Å². The fourth-order valence-corrected chi connectivity index (χ4v) is 21.0. The third-order valence-electron chi connectivity index (χ3n) is 20.4. The maximum absolute atomic E-state index is 13.8. The van der Waals surface area contributed by atoms with Crippen LogP contribution in [0.1, 0.15) is 93.2 Å². The highest BCUT2D eigenvalue weighted by Crippen LogP contribution is 2.59. The van der Waals surface area contributed by atoms with Crippen molar-refractivity contribution in [3.05, 3.63) is 89.3 Å². The van der Waals surface area contributed by atoms with Gasteiger partial charge in [0.25, 0.3) is 0 Å². The summed E-state index contributed by atoms with van der Waals surface area (Å²) >= 11 is 12.5. The first kappa shape index (κ1) is 76.2.